The second kappa shape index (κ2) is 31.4. The molecule has 12 unspecified atom stereocenters. The predicted molar refractivity (Wildman–Crippen MR) is 217 cm³/mol. The molecule has 2 fully saturated rings. The van der Waals surface area contributed by atoms with E-state index in [1.807, 2.05) is 0 Å². The van der Waals surface area contributed by atoms with Gasteiger partial charge in [-0.25, -0.2) is 0 Å². The number of aliphatic hydroxyl groups excluding tert-OH is 8. The van der Waals surface area contributed by atoms with Gasteiger partial charge in [0, 0.05) is 6.42 Å². The van der Waals surface area contributed by atoms with Gasteiger partial charge in [-0.3, -0.25) is 4.79 Å². The molecule has 334 valence electrons. The van der Waals surface area contributed by atoms with Crippen LogP contribution >= 0.6 is 0 Å². The lowest BCUT2D eigenvalue weighted by atomic mass is 9.97. The van der Waals surface area contributed by atoms with Crippen molar-refractivity contribution >= 4 is 5.91 Å². The van der Waals surface area contributed by atoms with E-state index in [2.05, 4.69) is 43.5 Å². The molecule has 2 saturated heterocycles. The Hall–Kier alpha value is -1.53. The SMILES string of the molecule is CCCCC/C=C\C/C=C\CCCCCCCCCC(=O)NC(COC1OC(CO)C(OC2OC(CO)C(O)C(O)C2O)C(O)C1O)C(O)CCCCCCCC. The number of hydrogen-bond donors (Lipinski definition) is 9. The number of aliphatic hydroxyl groups is 8. The van der Waals surface area contributed by atoms with Gasteiger partial charge >= 0.3 is 0 Å². The summed E-state index contributed by atoms with van der Waals surface area (Å²) < 4.78 is 22.6. The third-order valence-corrected chi connectivity index (χ3v) is 10.9. The number of carbonyl (C=O) groups is 1. The lowest BCUT2D eigenvalue weighted by Gasteiger charge is -2.46. The summed E-state index contributed by atoms with van der Waals surface area (Å²) in [7, 11) is 0. The Kier molecular flexibility index (Phi) is 28.4. The molecular weight excluding hydrogens is 738 g/mol. The Bertz CT molecular complexity index is 1060. The third-order valence-electron chi connectivity index (χ3n) is 10.9. The third kappa shape index (κ3) is 20.1. The fourth-order valence-corrected chi connectivity index (χ4v) is 7.20. The molecule has 0 aromatic carbocycles. The normalized spacial score (nSPS) is 29.3. The highest BCUT2D eigenvalue weighted by Crippen LogP contribution is 2.30. The second-order valence-electron chi connectivity index (χ2n) is 15.8. The lowest BCUT2D eigenvalue weighted by Crippen LogP contribution is -2.65. The van der Waals surface area contributed by atoms with E-state index < -0.39 is 86.8 Å². The first-order valence-corrected chi connectivity index (χ1v) is 22.1. The molecule has 14 heteroatoms. The van der Waals surface area contributed by atoms with Gasteiger partial charge in [-0.1, -0.05) is 122 Å². The Labute approximate surface area is 341 Å². The maximum absolute atomic E-state index is 13.0. The zero-order valence-electron chi connectivity index (χ0n) is 34.8. The van der Waals surface area contributed by atoms with Crippen molar-refractivity contribution in [1.82, 2.24) is 5.32 Å². The van der Waals surface area contributed by atoms with Crippen LogP contribution in [-0.4, -0.2) is 140 Å². The van der Waals surface area contributed by atoms with Crippen molar-refractivity contribution in [3.63, 3.8) is 0 Å². The van der Waals surface area contributed by atoms with Crippen molar-refractivity contribution in [2.45, 2.75) is 222 Å². The molecule has 0 aromatic heterocycles. The van der Waals surface area contributed by atoms with Crippen LogP contribution in [0, 0.1) is 0 Å². The predicted octanol–water partition coefficient (Wildman–Crippen LogP) is 3.82. The number of nitrogens with one attached hydrogen (secondary N) is 1. The highest BCUT2D eigenvalue weighted by molar-refractivity contribution is 5.76. The van der Waals surface area contributed by atoms with Gasteiger partial charge < -0.3 is 65.1 Å². The number of ether oxygens (including phenoxy) is 4. The number of hydrogen-bond acceptors (Lipinski definition) is 13. The van der Waals surface area contributed by atoms with Crippen LogP contribution in [0.2, 0.25) is 0 Å². The minimum Gasteiger partial charge on any atom is -0.394 e. The van der Waals surface area contributed by atoms with Crippen LogP contribution in [0.3, 0.4) is 0 Å². The minimum atomic E-state index is -1.78. The van der Waals surface area contributed by atoms with Crippen molar-refractivity contribution in [2.75, 3.05) is 19.8 Å². The number of carbonyl (C=O) groups excluding carboxylic acids is 1. The van der Waals surface area contributed by atoms with E-state index in [4.69, 9.17) is 18.9 Å². The molecule has 2 aliphatic rings. The Morgan fingerprint density at radius 1 is 0.632 bits per heavy atom. The molecule has 2 heterocycles. The number of allylic oxidation sites excluding steroid dienone is 4. The summed E-state index contributed by atoms with van der Waals surface area (Å²) in [6.45, 7) is 2.71. The van der Waals surface area contributed by atoms with Crippen LogP contribution in [0.1, 0.15) is 149 Å². The summed E-state index contributed by atoms with van der Waals surface area (Å²) in [5.74, 6) is -0.223. The smallest absolute Gasteiger partial charge is 0.220 e. The molecule has 12 atom stereocenters. The van der Waals surface area contributed by atoms with Crippen LogP contribution in [0.25, 0.3) is 0 Å². The average Bonchev–Trinajstić information content (AvgIpc) is 3.21. The van der Waals surface area contributed by atoms with Gasteiger partial charge in [-0.2, -0.15) is 0 Å². The van der Waals surface area contributed by atoms with E-state index in [1.165, 1.54) is 44.9 Å². The Morgan fingerprint density at radius 3 is 1.79 bits per heavy atom. The summed E-state index contributed by atoms with van der Waals surface area (Å²) in [6, 6.07) is -0.826. The zero-order chi connectivity index (χ0) is 41.8. The maximum atomic E-state index is 13.0. The largest absolute Gasteiger partial charge is 0.394 e. The highest BCUT2D eigenvalue weighted by atomic mass is 16.7. The zero-order valence-corrected chi connectivity index (χ0v) is 34.8. The maximum Gasteiger partial charge on any atom is 0.220 e. The second-order valence-corrected chi connectivity index (χ2v) is 15.8. The summed E-state index contributed by atoms with van der Waals surface area (Å²) in [5.41, 5.74) is 0. The van der Waals surface area contributed by atoms with Crippen LogP contribution in [0.4, 0.5) is 0 Å². The van der Waals surface area contributed by atoms with E-state index in [9.17, 15) is 45.6 Å². The lowest BCUT2D eigenvalue weighted by molar-refractivity contribution is -0.359. The van der Waals surface area contributed by atoms with Crippen LogP contribution in [0.5, 0.6) is 0 Å². The van der Waals surface area contributed by atoms with Crippen molar-refractivity contribution in [1.29, 1.82) is 0 Å². The molecule has 14 nitrogen and oxygen atoms in total. The highest BCUT2D eigenvalue weighted by Gasteiger charge is 2.51. The molecule has 0 aliphatic carbocycles. The van der Waals surface area contributed by atoms with E-state index in [0.29, 0.717) is 19.3 Å². The number of unbranched alkanes of at least 4 members (excludes halogenated alkanes) is 15. The topological polar surface area (TPSA) is 228 Å². The molecule has 0 radical (unpaired) electrons. The van der Waals surface area contributed by atoms with E-state index in [-0.39, 0.29) is 12.5 Å². The molecule has 0 bridgehead atoms. The van der Waals surface area contributed by atoms with E-state index in [0.717, 1.165) is 70.6 Å². The molecule has 0 aromatic rings. The number of rotatable bonds is 32. The van der Waals surface area contributed by atoms with Crippen LogP contribution < -0.4 is 5.32 Å². The van der Waals surface area contributed by atoms with Gasteiger partial charge in [-0.15, -0.1) is 0 Å². The first kappa shape index (κ1) is 51.6. The summed E-state index contributed by atoms with van der Waals surface area (Å²) in [4.78, 5) is 13.0. The first-order chi connectivity index (χ1) is 27.6. The average molecular weight is 818 g/mol. The van der Waals surface area contributed by atoms with E-state index >= 15 is 0 Å². The Morgan fingerprint density at radius 2 is 1.16 bits per heavy atom. The molecule has 9 N–H and O–H groups in total. The minimum absolute atomic E-state index is 0.223. The van der Waals surface area contributed by atoms with Crippen LogP contribution in [0.15, 0.2) is 24.3 Å². The van der Waals surface area contributed by atoms with Gasteiger partial charge in [0.05, 0.1) is 32.0 Å². The van der Waals surface area contributed by atoms with Gasteiger partial charge in [0.15, 0.2) is 12.6 Å². The molecule has 57 heavy (non-hydrogen) atoms. The molecule has 1 amide bonds. The fraction of sp³-hybridized carbons (Fsp3) is 0.884. The molecular formula is C43H79NO13. The monoisotopic (exact) mass is 818 g/mol. The summed E-state index contributed by atoms with van der Waals surface area (Å²) >= 11 is 0. The van der Waals surface area contributed by atoms with Gasteiger partial charge in [0.2, 0.25) is 5.91 Å². The van der Waals surface area contributed by atoms with Crippen molar-refractivity contribution < 1.29 is 64.6 Å². The summed E-state index contributed by atoms with van der Waals surface area (Å²) in [6.07, 6.45) is 13.7. The number of amides is 1. The van der Waals surface area contributed by atoms with Crippen LogP contribution in [-0.2, 0) is 23.7 Å². The fourth-order valence-electron chi connectivity index (χ4n) is 7.20. The van der Waals surface area contributed by atoms with Crippen molar-refractivity contribution in [3.8, 4) is 0 Å². The standard InChI is InChI=1S/C43H79NO13/c1-3-5-7-9-11-12-13-14-15-16-17-18-19-20-21-23-25-27-35(48)44-31(32(47)26-24-22-10-8-6-4-2)30-54-42-40(53)38(51)41(34(29-46)56-42)57-43-39(52)37(50)36(49)33(28-45)55-43/h11-12,14-15,31-34,36-43,45-47,49-53H,3-10,13,16-30H2,1-2H3,(H,44,48)/b12-11-,15-14-. The summed E-state index contributed by atoms with van der Waals surface area (Å²) in [5, 5.41) is 86.2. The van der Waals surface area contributed by atoms with Gasteiger partial charge in [-0.05, 0) is 44.9 Å². The molecule has 0 saturated carbocycles. The molecule has 0 spiro atoms. The molecule has 2 rings (SSSR count). The van der Waals surface area contributed by atoms with Crippen molar-refractivity contribution in [3.05, 3.63) is 24.3 Å². The van der Waals surface area contributed by atoms with Crippen molar-refractivity contribution in [2.24, 2.45) is 0 Å². The van der Waals surface area contributed by atoms with Gasteiger partial charge in [0.25, 0.3) is 0 Å². The Balaban J connectivity index is 1.82. The quantitative estimate of drug-likeness (QED) is 0.0348. The molecule has 2 aliphatic heterocycles. The first-order valence-electron chi connectivity index (χ1n) is 22.1. The van der Waals surface area contributed by atoms with Gasteiger partial charge in [0.1, 0.15) is 48.8 Å². The van der Waals surface area contributed by atoms with E-state index in [1.54, 1.807) is 0 Å².